The molecular formula is C26H51NO13S. The summed E-state index contributed by atoms with van der Waals surface area (Å²) in [5.74, 6) is -0.908. The molecule has 0 aliphatic carbocycles. The summed E-state index contributed by atoms with van der Waals surface area (Å²) in [6.45, 7) is 2.68. The van der Waals surface area contributed by atoms with Gasteiger partial charge in [-0.25, -0.2) is 4.18 Å². The van der Waals surface area contributed by atoms with Gasteiger partial charge in [-0.1, -0.05) is 77.6 Å². The maximum atomic E-state index is 12.4. The third-order valence-corrected chi connectivity index (χ3v) is 7.51. The number of aliphatic hydroxyl groups is 6. The van der Waals surface area contributed by atoms with Crippen molar-refractivity contribution in [2.45, 2.75) is 146 Å². The first-order valence-electron chi connectivity index (χ1n) is 14.6. The molecule has 1 heterocycles. The van der Waals surface area contributed by atoms with Crippen molar-refractivity contribution in [1.29, 1.82) is 0 Å². The lowest BCUT2D eigenvalue weighted by Crippen LogP contribution is -2.61. The van der Waals surface area contributed by atoms with Crippen LogP contribution in [0.5, 0.6) is 0 Å². The van der Waals surface area contributed by atoms with Gasteiger partial charge in [-0.05, 0) is 13.3 Å². The van der Waals surface area contributed by atoms with E-state index in [-0.39, 0.29) is 6.54 Å². The minimum Gasteiger partial charge on any atom is -0.391 e. The number of hydrogen-bond acceptors (Lipinski definition) is 12. The Bertz CT molecular complexity index is 815. The Hall–Kier alpha value is -0.980. The molecule has 1 aliphatic heterocycles. The average Bonchev–Trinajstić information content (AvgIpc) is 2.91. The van der Waals surface area contributed by atoms with Gasteiger partial charge in [0.25, 0.3) is 5.91 Å². The van der Waals surface area contributed by atoms with Gasteiger partial charge in [-0.15, -0.1) is 0 Å². The molecule has 0 radical (unpaired) electrons. The predicted octanol–water partition coefficient (Wildman–Crippen LogP) is -0.0815. The molecule has 0 bridgehead atoms. The van der Waals surface area contributed by atoms with E-state index in [1.165, 1.54) is 58.3 Å². The zero-order chi connectivity index (χ0) is 31.0. The lowest BCUT2D eigenvalue weighted by atomic mass is 9.98. The van der Waals surface area contributed by atoms with Crippen molar-refractivity contribution in [3.8, 4) is 0 Å². The van der Waals surface area contributed by atoms with Gasteiger partial charge in [-0.2, -0.15) is 8.42 Å². The number of hydrogen-bond donors (Lipinski definition) is 8. The quantitative estimate of drug-likeness (QED) is 0.0587. The standard InChI is InChI=1S/C26H51NO13S/c1-3-4-5-6-7-8-9-10-11-12-13-14-15-27-25(34)22(32)21(31)24(17(2)28)40-26-23(33)20(30)19(29)18(39-26)16-38-41(35,36)37/h17-24,26,28-33H,3-16H2,1-2H3,(H,27,34)(H,35,36,37)/t17-,18?,19+,20+,21-,22-,23?,24-,26+/m1/s1. The highest BCUT2D eigenvalue weighted by Crippen LogP contribution is 2.25. The number of aliphatic hydroxyl groups excluding tert-OH is 6. The van der Waals surface area contributed by atoms with Crippen molar-refractivity contribution in [2.75, 3.05) is 13.2 Å². The molecular weight excluding hydrogens is 566 g/mol. The molecule has 1 amide bonds. The minimum atomic E-state index is -4.92. The average molecular weight is 618 g/mol. The maximum absolute atomic E-state index is 12.4. The fourth-order valence-electron chi connectivity index (χ4n) is 4.57. The van der Waals surface area contributed by atoms with Crippen molar-refractivity contribution in [2.24, 2.45) is 0 Å². The predicted molar refractivity (Wildman–Crippen MR) is 147 cm³/mol. The van der Waals surface area contributed by atoms with Gasteiger partial charge in [0.05, 0.1) is 12.7 Å². The summed E-state index contributed by atoms with van der Waals surface area (Å²) in [6.07, 6.45) is -2.62. The second-order valence-corrected chi connectivity index (χ2v) is 11.8. The van der Waals surface area contributed by atoms with E-state index in [1.807, 2.05) is 0 Å². The Balaban J connectivity index is 2.46. The van der Waals surface area contributed by atoms with Crippen LogP contribution in [-0.4, -0.2) is 118 Å². The molecule has 0 aromatic heterocycles. The van der Waals surface area contributed by atoms with Gasteiger partial charge >= 0.3 is 10.4 Å². The Morgan fingerprint density at radius 3 is 1.85 bits per heavy atom. The van der Waals surface area contributed by atoms with Crippen LogP contribution in [0, 0.1) is 0 Å². The van der Waals surface area contributed by atoms with Crippen LogP contribution >= 0.6 is 0 Å². The molecule has 1 fully saturated rings. The van der Waals surface area contributed by atoms with E-state index in [4.69, 9.17) is 14.0 Å². The largest absolute Gasteiger partial charge is 0.397 e. The zero-order valence-electron chi connectivity index (χ0n) is 24.1. The van der Waals surface area contributed by atoms with Crippen LogP contribution in [0.25, 0.3) is 0 Å². The molecule has 1 saturated heterocycles. The van der Waals surface area contributed by atoms with Crippen LogP contribution in [0.4, 0.5) is 0 Å². The molecule has 9 atom stereocenters. The molecule has 8 N–H and O–H groups in total. The smallest absolute Gasteiger partial charge is 0.391 e. The number of nitrogens with one attached hydrogen (secondary N) is 1. The van der Waals surface area contributed by atoms with Crippen molar-refractivity contribution < 1.29 is 62.1 Å². The number of carbonyl (C=O) groups excluding carboxylic acids is 1. The summed E-state index contributed by atoms with van der Waals surface area (Å²) in [7, 11) is -4.92. The summed E-state index contributed by atoms with van der Waals surface area (Å²) in [4.78, 5) is 12.4. The van der Waals surface area contributed by atoms with E-state index < -0.39 is 78.0 Å². The summed E-state index contributed by atoms with van der Waals surface area (Å²) in [5, 5.41) is 63.9. The Morgan fingerprint density at radius 2 is 1.37 bits per heavy atom. The van der Waals surface area contributed by atoms with E-state index in [1.54, 1.807) is 0 Å². The van der Waals surface area contributed by atoms with E-state index in [0.717, 1.165) is 19.3 Å². The van der Waals surface area contributed by atoms with Crippen molar-refractivity contribution in [3.63, 3.8) is 0 Å². The minimum absolute atomic E-state index is 0.268. The molecule has 244 valence electrons. The van der Waals surface area contributed by atoms with Crippen LogP contribution in [0.2, 0.25) is 0 Å². The Morgan fingerprint density at radius 1 is 0.854 bits per heavy atom. The Labute approximate surface area is 243 Å². The molecule has 0 aromatic rings. The highest BCUT2D eigenvalue weighted by molar-refractivity contribution is 7.80. The Kier molecular flexibility index (Phi) is 18.6. The lowest BCUT2D eigenvalue weighted by molar-refractivity contribution is -0.324. The molecule has 14 nitrogen and oxygen atoms in total. The monoisotopic (exact) mass is 617 g/mol. The third kappa shape index (κ3) is 14.8. The topological polar surface area (TPSA) is 233 Å². The van der Waals surface area contributed by atoms with Gasteiger partial charge in [0, 0.05) is 6.54 Å². The van der Waals surface area contributed by atoms with Crippen LogP contribution < -0.4 is 5.32 Å². The highest BCUT2D eigenvalue weighted by Gasteiger charge is 2.47. The van der Waals surface area contributed by atoms with Crippen LogP contribution in [0.15, 0.2) is 0 Å². The second kappa shape index (κ2) is 20.1. The van der Waals surface area contributed by atoms with E-state index in [0.29, 0.717) is 6.42 Å². The lowest BCUT2D eigenvalue weighted by Gasteiger charge is -2.42. The normalized spacial score (nSPS) is 26.3. The first-order valence-corrected chi connectivity index (χ1v) is 16.0. The summed E-state index contributed by atoms with van der Waals surface area (Å²) in [6, 6.07) is 0. The SMILES string of the molecule is CCCCCCCCCCCCCCNC(=O)[C@H](O)[C@@H](O)[C@H](O[C@@H]1OC(COS(=O)(=O)O)[C@H](O)[C@H](O)C1O)[C@@H](C)O. The van der Waals surface area contributed by atoms with Crippen molar-refractivity contribution in [3.05, 3.63) is 0 Å². The molecule has 41 heavy (non-hydrogen) atoms. The molecule has 1 rings (SSSR count). The summed E-state index contributed by atoms with van der Waals surface area (Å²) >= 11 is 0. The second-order valence-electron chi connectivity index (χ2n) is 10.7. The van der Waals surface area contributed by atoms with Crippen LogP contribution in [0.1, 0.15) is 90.9 Å². The fraction of sp³-hybridized carbons (Fsp3) is 0.962. The van der Waals surface area contributed by atoms with Crippen molar-refractivity contribution >= 4 is 16.3 Å². The van der Waals surface area contributed by atoms with Crippen molar-refractivity contribution in [1.82, 2.24) is 5.32 Å². The zero-order valence-corrected chi connectivity index (χ0v) is 24.9. The number of carbonyl (C=O) groups is 1. The van der Waals surface area contributed by atoms with E-state index in [9.17, 15) is 43.9 Å². The van der Waals surface area contributed by atoms with Crippen LogP contribution in [-0.2, 0) is 28.9 Å². The van der Waals surface area contributed by atoms with Gasteiger partial charge in [0.2, 0.25) is 0 Å². The van der Waals surface area contributed by atoms with Gasteiger partial charge < -0.3 is 45.4 Å². The summed E-state index contributed by atoms with van der Waals surface area (Å²) in [5.41, 5.74) is 0. The summed E-state index contributed by atoms with van der Waals surface area (Å²) < 4.78 is 45.1. The number of amides is 1. The third-order valence-electron chi connectivity index (χ3n) is 7.07. The first-order chi connectivity index (χ1) is 19.3. The first kappa shape index (κ1) is 38.0. The number of ether oxygens (including phenoxy) is 2. The number of rotatable bonds is 22. The van der Waals surface area contributed by atoms with Gasteiger partial charge in [0.15, 0.2) is 12.4 Å². The maximum Gasteiger partial charge on any atom is 0.397 e. The van der Waals surface area contributed by atoms with E-state index >= 15 is 0 Å². The molecule has 0 aromatic carbocycles. The fourth-order valence-corrected chi connectivity index (χ4v) is 4.88. The van der Waals surface area contributed by atoms with Gasteiger partial charge in [0.1, 0.15) is 36.6 Å². The molecule has 15 heteroatoms. The highest BCUT2D eigenvalue weighted by atomic mass is 32.3. The molecule has 1 aliphatic rings. The molecule has 0 spiro atoms. The molecule has 0 saturated carbocycles. The van der Waals surface area contributed by atoms with Crippen LogP contribution in [0.3, 0.4) is 0 Å². The number of unbranched alkanes of at least 4 members (excludes halogenated alkanes) is 11. The molecule has 2 unspecified atom stereocenters. The van der Waals surface area contributed by atoms with E-state index in [2.05, 4.69) is 16.4 Å². The van der Waals surface area contributed by atoms with Gasteiger partial charge in [-0.3, -0.25) is 9.35 Å².